The molecule has 0 atom stereocenters. The van der Waals surface area contributed by atoms with Gasteiger partial charge in [0.05, 0.1) is 11.2 Å². The van der Waals surface area contributed by atoms with Gasteiger partial charge in [-0.15, -0.1) is 0 Å². The minimum atomic E-state index is -1.15. The Morgan fingerprint density at radius 2 is 1.93 bits per heavy atom. The zero-order valence-electron chi connectivity index (χ0n) is 14.6. The molecule has 28 heavy (non-hydrogen) atoms. The number of halogens is 2. The van der Waals surface area contributed by atoms with Crippen LogP contribution in [0.3, 0.4) is 0 Å². The summed E-state index contributed by atoms with van der Waals surface area (Å²) in [6.07, 6.45) is 3.98. The molecule has 3 heterocycles. The Balaban J connectivity index is 1.96. The molecule has 0 spiro atoms. The van der Waals surface area contributed by atoms with E-state index in [0.717, 1.165) is 29.9 Å². The van der Waals surface area contributed by atoms with E-state index in [1.165, 1.54) is 18.3 Å². The van der Waals surface area contributed by atoms with Crippen LogP contribution >= 0.6 is 0 Å². The van der Waals surface area contributed by atoms with E-state index in [4.69, 9.17) is 0 Å². The molecule has 1 fully saturated rings. The van der Waals surface area contributed by atoms with Crippen molar-refractivity contribution in [2.24, 2.45) is 0 Å². The molecule has 0 radical (unpaired) electrons. The number of rotatable bonds is 2. The van der Waals surface area contributed by atoms with Crippen molar-refractivity contribution < 1.29 is 8.78 Å². The summed E-state index contributed by atoms with van der Waals surface area (Å²) in [4.78, 5) is 37.7. The van der Waals surface area contributed by atoms with Crippen molar-refractivity contribution >= 4 is 22.1 Å². The molecule has 4 aromatic rings. The van der Waals surface area contributed by atoms with Crippen molar-refractivity contribution in [3.63, 3.8) is 0 Å². The van der Waals surface area contributed by atoms with Crippen molar-refractivity contribution in [3.8, 4) is 5.69 Å². The highest BCUT2D eigenvalue weighted by Crippen LogP contribution is 2.36. The summed E-state index contributed by atoms with van der Waals surface area (Å²) in [7, 11) is 0. The third kappa shape index (κ3) is 2.30. The Kier molecular flexibility index (Phi) is 3.61. The second-order valence-corrected chi connectivity index (χ2v) is 6.89. The Morgan fingerprint density at radius 1 is 1.11 bits per heavy atom. The maximum absolute atomic E-state index is 14.5. The predicted octanol–water partition coefficient (Wildman–Crippen LogP) is 3.17. The van der Waals surface area contributed by atoms with E-state index in [0.29, 0.717) is 11.3 Å². The zero-order valence-corrected chi connectivity index (χ0v) is 14.6. The van der Waals surface area contributed by atoms with Gasteiger partial charge in [0.15, 0.2) is 11.6 Å². The first-order valence-corrected chi connectivity index (χ1v) is 8.94. The van der Waals surface area contributed by atoms with Crippen molar-refractivity contribution in [3.05, 3.63) is 74.6 Å². The number of hydrogen-bond donors (Lipinski definition) is 1. The molecular weight excluding hydrogens is 366 g/mol. The molecule has 1 aliphatic carbocycles. The highest BCUT2D eigenvalue weighted by molar-refractivity contribution is 5.88. The van der Waals surface area contributed by atoms with Crippen LogP contribution in [-0.4, -0.2) is 19.5 Å². The maximum atomic E-state index is 14.5. The van der Waals surface area contributed by atoms with Crippen molar-refractivity contribution in [2.45, 2.75) is 25.2 Å². The number of aromatic nitrogens is 4. The molecule has 0 bridgehead atoms. The summed E-state index contributed by atoms with van der Waals surface area (Å²) in [6, 6.07) is 6.95. The Hall–Kier alpha value is -3.42. The minimum Gasteiger partial charge on any atom is -0.337 e. The van der Waals surface area contributed by atoms with Crippen LogP contribution in [0.25, 0.3) is 27.8 Å². The van der Waals surface area contributed by atoms with E-state index < -0.39 is 22.6 Å². The lowest BCUT2D eigenvalue weighted by molar-refractivity contribution is 0.392. The second-order valence-electron chi connectivity index (χ2n) is 6.89. The summed E-state index contributed by atoms with van der Waals surface area (Å²) >= 11 is 0. The quantitative estimate of drug-likeness (QED) is 0.542. The first-order valence-electron chi connectivity index (χ1n) is 8.94. The summed E-state index contributed by atoms with van der Waals surface area (Å²) in [6.45, 7) is 0. The number of aromatic amines is 1. The Bertz CT molecular complexity index is 1370. The molecule has 8 heteroatoms. The topological polar surface area (TPSA) is 80.6 Å². The summed E-state index contributed by atoms with van der Waals surface area (Å²) in [5.74, 6) is -1.96. The monoisotopic (exact) mass is 380 g/mol. The number of hydrogen-bond acceptors (Lipinski definition) is 4. The average Bonchev–Trinajstić information content (AvgIpc) is 2.63. The molecule has 0 aliphatic heterocycles. The third-order valence-electron chi connectivity index (χ3n) is 5.25. The van der Waals surface area contributed by atoms with Gasteiger partial charge in [-0.25, -0.2) is 13.8 Å². The molecule has 1 N–H and O–H groups in total. The largest absolute Gasteiger partial charge is 0.337 e. The number of benzene rings is 1. The molecule has 5 rings (SSSR count). The van der Waals surface area contributed by atoms with Gasteiger partial charge < -0.3 is 4.98 Å². The molecule has 140 valence electrons. The molecule has 0 amide bonds. The summed E-state index contributed by atoms with van der Waals surface area (Å²) < 4.78 is 29.4. The van der Waals surface area contributed by atoms with Gasteiger partial charge in [0.1, 0.15) is 22.4 Å². The van der Waals surface area contributed by atoms with Crippen LogP contribution in [0.5, 0.6) is 0 Å². The summed E-state index contributed by atoms with van der Waals surface area (Å²) in [5.41, 5.74) is -0.886. The lowest BCUT2D eigenvalue weighted by Gasteiger charge is -2.27. The molecule has 1 aromatic carbocycles. The molecule has 1 saturated carbocycles. The zero-order chi connectivity index (χ0) is 19.4. The van der Waals surface area contributed by atoms with Crippen LogP contribution < -0.4 is 11.0 Å². The van der Waals surface area contributed by atoms with Gasteiger partial charge in [-0.1, -0.05) is 12.5 Å². The van der Waals surface area contributed by atoms with E-state index in [1.54, 1.807) is 12.1 Å². The first-order chi connectivity index (χ1) is 13.6. The predicted molar refractivity (Wildman–Crippen MR) is 99.8 cm³/mol. The lowest BCUT2D eigenvalue weighted by Crippen LogP contribution is -2.31. The Labute approximate surface area is 156 Å². The molecular formula is C20H14F2N4O2. The van der Waals surface area contributed by atoms with Gasteiger partial charge in [-0.3, -0.25) is 19.1 Å². The maximum Gasteiger partial charge on any atom is 0.271 e. The normalized spacial score (nSPS) is 14.5. The van der Waals surface area contributed by atoms with E-state index >= 15 is 0 Å². The van der Waals surface area contributed by atoms with Crippen molar-refractivity contribution in [1.82, 2.24) is 19.5 Å². The average molecular weight is 380 g/mol. The highest BCUT2D eigenvalue weighted by Gasteiger charge is 2.28. The highest BCUT2D eigenvalue weighted by atomic mass is 19.2. The molecule has 0 saturated heterocycles. The smallest absolute Gasteiger partial charge is 0.271 e. The number of nitrogens with zero attached hydrogens (tertiary/aromatic N) is 3. The van der Waals surface area contributed by atoms with Gasteiger partial charge in [0, 0.05) is 12.1 Å². The van der Waals surface area contributed by atoms with Crippen LogP contribution in [0, 0.1) is 11.6 Å². The van der Waals surface area contributed by atoms with E-state index in [9.17, 15) is 18.4 Å². The van der Waals surface area contributed by atoms with Crippen molar-refractivity contribution in [2.75, 3.05) is 0 Å². The van der Waals surface area contributed by atoms with Gasteiger partial charge in [-0.05, 0) is 37.1 Å². The minimum absolute atomic E-state index is 0.0622. The third-order valence-corrected chi connectivity index (χ3v) is 5.25. The molecule has 1 aliphatic rings. The lowest BCUT2D eigenvalue weighted by atomic mass is 9.84. The van der Waals surface area contributed by atoms with Crippen LogP contribution in [0.1, 0.15) is 31.0 Å². The van der Waals surface area contributed by atoms with Crippen molar-refractivity contribution in [1.29, 1.82) is 0 Å². The van der Waals surface area contributed by atoms with Crippen LogP contribution in [0.4, 0.5) is 8.78 Å². The van der Waals surface area contributed by atoms with E-state index in [-0.39, 0.29) is 28.2 Å². The number of pyridine rings is 2. The molecule has 0 unspecified atom stereocenters. The van der Waals surface area contributed by atoms with Crippen LogP contribution in [-0.2, 0) is 0 Å². The standard InChI is InChI=1S/C20H14F2N4O2/c21-11-6-2-8-13(15(11)22)26-19(10-4-1-5-10)25-18-14(20(26)28)17(27)16-12(24-18)7-3-9-23-16/h2-3,6-10H,1,4-5H2,(H,24,27). The van der Waals surface area contributed by atoms with Gasteiger partial charge >= 0.3 is 0 Å². The summed E-state index contributed by atoms with van der Waals surface area (Å²) in [5, 5.41) is -0.224. The number of nitrogens with one attached hydrogen (secondary N) is 1. The fourth-order valence-electron chi connectivity index (χ4n) is 3.60. The first kappa shape index (κ1) is 16.7. The van der Waals surface area contributed by atoms with Crippen LogP contribution in [0.15, 0.2) is 46.1 Å². The SMILES string of the molecule is O=c1c2ncccc2[nH]c2nc(C3CCC3)n(-c3cccc(F)c3F)c(=O)c12. The Morgan fingerprint density at radius 3 is 2.68 bits per heavy atom. The van der Waals surface area contributed by atoms with Gasteiger partial charge in [0.2, 0.25) is 5.43 Å². The molecule has 6 nitrogen and oxygen atoms in total. The van der Waals surface area contributed by atoms with Gasteiger partial charge in [-0.2, -0.15) is 0 Å². The van der Waals surface area contributed by atoms with Gasteiger partial charge in [0.25, 0.3) is 5.56 Å². The number of fused-ring (bicyclic) bond motifs is 2. The molecule has 3 aromatic heterocycles. The van der Waals surface area contributed by atoms with E-state index in [2.05, 4.69) is 15.0 Å². The fraction of sp³-hybridized carbons (Fsp3) is 0.200. The van der Waals surface area contributed by atoms with E-state index in [1.807, 2.05) is 0 Å². The fourth-order valence-corrected chi connectivity index (χ4v) is 3.60. The van der Waals surface area contributed by atoms with Crippen LogP contribution in [0.2, 0.25) is 0 Å². The second kappa shape index (κ2) is 6.05. The number of H-pyrrole nitrogens is 1.